The molecule has 2 heteroatoms. The van der Waals surface area contributed by atoms with E-state index in [4.69, 9.17) is 0 Å². The minimum absolute atomic E-state index is 0.407. The van der Waals surface area contributed by atoms with Crippen molar-refractivity contribution in [1.29, 1.82) is 0 Å². The average Bonchev–Trinajstić information content (AvgIpc) is 1.94. The molecule has 0 unspecified atom stereocenters. The third-order valence-corrected chi connectivity index (χ3v) is 7.24. The number of hydrogen-bond donors (Lipinski definition) is 0. The van der Waals surface area contributed by atoms with Crippen molar-refractivity contribution in [3.05, 3.63) is 0 Å². The Balaban J connectivity index is 0. The van der Waals surface area contributed by atoms with E-state index in [1.807, 2.05) is 0 Å². The van der Waals surface area contributed by atoms with Gasteiger partial charge in [0.15, 0.2) is 0 Å². The van der Waals surface area contributed by atoms with Crippen molar-refractivity contribution in [3.8, 4) is 0 Å². The molecule has 0 amide bonds. The molecule has 0 atom stereocenters. The van der Waals surface area contributed by atoms with Crippen LogP contribution in [0.4, 0.5) is 0 Å². The zero-order chi connectivity index (χ0) is 14.9. The van der Waals surface area contributed by atoms with Crippen LogP contribution in [0.2, 0.25) is 19.9 Å². The SMILES string of the molecule is CC(C)[CH2][Al]([CH2]C(C)C)[CH2]C(C)C.[Li][C](C)(C)C. The van der Waals surface area contributed by atoms with Gasteiger partial charge in [-0.2, -0.15) is 0 Å². The molecule has 0 N–H and O–H groups in total. The van der Waals surface area contributed by atoms with Gasteiger partial charge in [-0.05, 0) is 0 Å². The van der Waals surface area contributed by atoms with Crippen LogP contribution in [-0.4, -0.2) is 31.9 Å². The van der Waals surface area contributed by atoms with Gasteiger partial charge in [-0.15, -0.1) is 0 Å². The van der Waals surface area contributed by atoms with E-state index < -0.39 is 14.1 Å². The van der Waals surface area contributed by atoms with Crippen LogP contribution in [0.25, 0.3) is 0 Å². The van der Waals surface area contributed by atoms with Gasteiger partial charge in [0.25, 0.3) is 14.1 Å². The molecule has 0 rings (SSSR count). The molecular weight excluding hydrogens is 226 g/mol. The molecule has 0 aromatic heterocycles. The summed E-state index contributed by atoms with van der Waals surface area (Å²) < 4.78 is 0.500. The zero-order valence-electron chi connectivity index (χ0n) is 14.9. The Hall–Kier alpha value is 1.13. The summed E-state index contributed by atoms with van der Waals surface area (Å²) in [6, 6.07) is 0. The predicted octanol–water partition coefficient (Wildman–Crippen LogP) is 5.82. The van der Waals surface area contributed by atoms with Gasteiger partial charge in [0.05, 0.1) is 0 Å². The van der Waals surface area contributed by atoms with E-state index in [0.29, 0.717) is 4.09 Å². The first kappa shape index (κ1) is 21.4. The van der Waals surface area contributed by atoms with Crippen LogP contribution >= 0.6 is 0 Å². The second kappa shape index (κ2) is 10.9. The molecule has 0 aromatic carbocycles. The minimum atomic E-state index is -0.407. The summed E-state index contributed by atoms with van der Waals surface area (Å²) in [6.07, 6.45) is 0. The van der Waals surface area contributed by atoms with Crippen LogP contribution in [0.3, 0.4) is 0 Å². The Morgan fingerprint density at radius 2 is 0.889 bits per heavy atom. The quantitative estimate of drug-likeness (QED) is 0.529. The summed E-state index contributed by atoms with van der Waals surface area (Å²) in [5.74, 6) is 2.78. The average molecular weight is 262 g/mol. The molecule has 0 spiro atoms. The van der Waals surface area contributed by atoms with Gasteiger partial charge in [-0.1, -0.05) is 75.1 Å². The summed E-state index contributed by atoms with van der Waals surface area (Å²) in [7, 11) is 0. The Labute approximate surface area is 131 Å². The van der Waals surface area contributed by atoms with Crippen LogP contribution in [0.15, 0.2) is 0 Å². The Kier molecular flexibility index (Phi) is 12.9. The van der Waals surface area contributed by atoms with Crippen molar-refractivity contribution in [2.75, 3.05) is 0 Å². The van der Waals surface area contributed by atoms with Crippen LogP contribution < -0.4 is 0 Å². The molecule has 18 heavy (non-hydrogen) atoms. The first-order valence-electron chi connectivity index (χ1n) is 7.91. The van der Waals surface area contributed by atoms with Crippen LogP contribution in [-0.2, 0) is 0 Å². The number of rotatable bonds is 6. The van der Waals surface area contributed by atoms with E-state index in [9.17, 15) is 0 Å². The van der Waals surface area contributed by atoms with E-state index >= 15 is 0 Å². The van der Waals surface area contributed by atoms with Gasteiger partial charge >= 0.3 is 42.6 Å². The van der Waals surface area contributed by atoms with E-state index in [1.165, 1.54) is 0 Å². The third kappa shape index (κ3) is 25.9. The molecule has 0 aromatic rings. The van der Waals surface area contributed by atoms with Gasteiger partial charge in [-0.3, -0.25) is 0 Å². The molecule has 0 aliphatic rings. The second-order valence-electron chi connectivity index (χ2n) is 8.75. The van der Waals surface area contributed by atoms with Crippen LogP contribution in [0.5, 0.6) is 0 Å². The Morgan fingerprint density at radius 1 is 0.722 bits per heavy atom. The summed E-state index contributed by atoms with van der Waals surface area (Å²) in [6.45, 7) is 20.8. The van der Waals surface area contributed by atoms with Gasteiger partial charge in [0.1, 0.15) is 0 Å². The van der Waals surface area contributed by atoms with Gasteiger partial charge in [0, 0.05) is 0 Å². The fraction of sp³-hybridized carbons (Fsp3) is 1.00. The molecule has 0 aliphatic heterocycles. The molecular formula is C16H36AlLi. The maximum absolute atomic E-state index is 2.38. The summed E-state index contributed by atoms with van der Waals surface area (Å²) in [4.78, 5) is 0. The molecule has 0 radical (unpaired) electrons. The van der Waals surface area contributed by atoms with Gasteiger partial charge < -0.3 is 0 Å². The summed E-state index contributed by atoms with van der Waals surface area (Å²) in [5.41, 5.74) is 0. The fourth-order valence-corrected chi connectivity index (χ4v) is 6.87. The summed E-state index contributed by atoms with van der Waals surface area (Å²) in [5, 5.41) is 4.66. The van der Waals surface area contributed by atoms with Gasteiger partial charge in [-0.25, -0.2) is 0 Å². The number of hydrogen-bond acceptors (Lipinski definition) is 0. The van der Waals surface area contributed by atoms with Crippen molar-refractivity contribution in [2.45, 2.75) is 82.3 Å². The normalized spacial score (nSPS) is 11.9. The van der Waals surface area contributed by atoms with Crippen molar-refractivity contribution < 1.29 is 0 Å². The molecule has 0 saturated carbocycles. The molecule has 0 fully saturated rings. The molecule has 0 bridgehead atoms. The van der Waals surface area contributed by atoms with Crippen molar-refractivity contribution in [3.63, 3.8) is 0 Å². The first-order chi connectivity index (χ1) is 7.91. The summed E-state index contributed by atoms with van der Waals surface area (Å²) >= 11 is 1.78. The van der Waals surface area contributed by atoms with Crippen molar-refractivity contribution in [2.24, 2.45) is 17.8 Å². The molecule has 0 aliphatic carbocycles. The van der Waals surface area contributed by atoms with Crippen LogP contribution in [0.1, 0.15) is 62.3 Å². The van der Waals surface area contributed by atoms with E-state index in [0.717, 1.165) is 17.8 Å². The topological polar surface area (TPSA) is 0 Å². The van der Waals surface area contributed by atoms with Gasteiger partial charge in [0.2, 0.25) is 0 Å². The Bertz CT molecular complexity index is 150. The molecule has 104 valence electrons. The van der Waals surface area contributed by atoms with E-state index in [1.54, 1.807) is 15.8 Å². The van der Waals surface area contributed by atoms with Crippen molar-refractivity contribution >= 4 is 31.9 Å². The Morgan fingerprint density at radius 3 is 1.00 bits per heavy atom. The molecule has 0 saturated heterocycles. The molecule has 0 heterocycles. The first-order valence-corrected chi connectivity index (χ1v) is 10.4. The predicted molar refractivity (Wildman–Crippen MR) is 90.2 cm³/mol. The van der Waals surface area contributed by atoms with E-state index in [2.05, 4.69) is 80.0 Å². The standard InChI is InChI=1S/4C4H9.Al.Li/c4*1-4(2)3;;/h1-3H3;3*4H,1H2,2-3H3;;. The molecule has 0 nitrogen and oxygen atoms in total. The van der Waals surface area contributed by atoms with Crippen molar-refractivity contribution in [1.82, 2.24) is 0 Å². The zero-order valence-corrected chi connectivity index (χ0v) is 16.1. The maximum atomic E-state index is 2.38. The van der Waals surface area contributed by atoms with E-state index in [-0.39, 0.29) is 0 Å². The monoisotopic (exact) mass is 262 g/mol. The second-order valence-corrected chi connectivity index (χ2v) is 11.9. The fourth-order valence-electron chi connectivity index (χ4n) is 2.29. The van der Waals surface area contributed by atoms with Crippen LogP contribution in [0, 0.1) is 17.8 Å². The third-order valence-electron chi connectivity index (χ3n) is 2.41.